The Morgan fingerprint density at radius 1 is 1.30 bits per heavy atom. The third-order valence-corrected chi connectivity index (χ3v) is 3.73. The number of hydrogen-bond acceptors (Lipinski definition) is 5. The molecule has 1 aromatic carbocycles. The summed E-state index contributed by atoms with van der Waals surface area (Å²) in [4.78, 5) is 0.125. The summed E-state index contributed by atoms with van der Waals surface area (Å²) in [6.45, 7) is 4.34. The van der Waals surface area contributed by atoms with Crippen LogP contribution in [0.5, 0.6) is 0 Å². The second-order valence-corrected chi connectivity index (χ2v) is 5.96. The molecule has 1 aromatic rings. The van der Waals surface area contributed by atoms with Crippen LogP contribution >= 0.6 is 0 Å². The Morgan fingerprint density at radius 3 is 2.70 bits per heavy atom. The van der Waals surface area contributed by atoms with Gasteiger partial charge in [-0.3, -0.25) is 0 Å². The number of nitrogens with one attached hydrogen (secondary N) is 1. The van der Waals surface area contributed by atoms with Crippen LogP contribution < -0.4 is 10.5 Å². The van der Waals surface area contributed by atoms with Crippen LogP contribution in [0, 0.1) is 0 Å². The highest BCUT2D eigenvalue weighted by Gasteiger charge is 2.11. The van der Waals surface area contributed by atoms with Crippen LogP contribution in [0.3, 0.4) is 0 Å². The second kappa shape index (κ2) is 8.33. The van der Waals surface area contributed by atoms with Crippen molar-refractivity contribution in [1.29, 1.82) is 0 Å². The van der Waals surface area contributed by atoms with Gasteiger partial charge in [0.05, 0.1) is 24.7 Å². The molecule has 114 valence electrons. The third kappa shape index (κ3) is 5.98. The topological polar surface area (TPSA) is 90.7 Å². The third-order valence-electron chi connectivity index (χ3n) is 2.82. The molecule has 0 spiro atoms. The van der Waals surface area contributed by atoms with Crippen LogP contribution in [0.1, 0.15) is 18.5 Å². The molecule has 0 aromatic heterocycles. The summed E-state index contributed by atoms with van der Waals surface area (Å²) < 4.78 is 32.8. The fourth-order valence-electron chi connectivity index (χ4n) is 1.67. The first kappa shape index (κ1) is 17.1. The number of ether oxygens (including phenoxy) is 2. The van der Waals surface area contributed by atoms with Crippen LogP contribution in [-0.4, -0.2) is 41.9 Å². The van der Waals surface area contributed by atoms with Gasteiger partial charge in [-0.05, 0) is 24.6 Å². The molecular formula is C13H22N2O4S. The van der Waals surface area contributed by atoms with E-state index < -0.39 is 10.0 Å². The van der Waals surface area contributed by atoms with Crippen molar-refractivity contribution in [1.82, 2.24) is 5.32 Å². The predicted molar refractivity (Wildman–Crippen MR) is 76.9 cm³/mol. The van der Waals surface area contributed by atoms with E-state index in [-0.39, 0.29) is 10.9 Å². The molecule has 0 aliphatic carbocycles. The zero-order chi connectivity index (χ0) is 15.0. The zero-order valence-electron chi connectivity index (χ0n) is 11.8. The van der Waals surface area contributed by atoms with Crippen molar-refractivity contribution >= 4 is 10.0 Å². The molecule has 0 radical (unpaired) electrons. The Balaban J connectivity index is 2.45. The Hall–Kier alpha value is -0.990. The Morgan fingerprint density at radius 2 is 2.05 bits per heavy atom. The maximum absolute atomic E-state index is 11.3. The van der Waals surface area contributed by atoms with Crippen molar-refractivity contribution < 1.29 is 17.9 Å². The van der Waals surface area contributed by atoms with Gasteiger partial charge in [0.1, 0.15) is 0 Å². The number of rotatable bonds is 9. The molecule has 0 heterocycles. The minimum absolute atomic E-state index is 0.0164. The molecule has 3 N–H and O–H groups in total. The van der Waals surface area contributed by atoms with Gasteiger partial charge < -0.3 is 14.8 Å². The minimum Gasteiger partial charge on any atom is -0.382 e. The van der Waals surface area contributed by atoms with E-state index in [1.807, 2.05) is 13.0 Å². The molecule has 0 saturated heterocycles. The SMILES string of the molecule is COCCOCCNC(C)c1cccc(S(N)(=O)=O)c1. The molecule has 1 atom stereocenters. The van der Waals surface area contributed by atoms with Crippen molar-refractivity contribution in [3.05, 3.63) is 29.8 Å². The Labute approximate surface area is 120 Å². The van der Waals surface area contributed by atoms with Gasteiger partial charge in [-0.25, -0.2) is 13.6 Å². The summed E-state index contributed by atoms with van der Waals surface area (Å²) in [6.07, 6.45) is 0. The highest BCUT2D eigenvalue weighted by atomic mass is 32.2. The first-order chi connectivity index (χ1) is 9.45. The maximum Gasteiger partial charge on any atom is 0.238 e. The van der Waals surface area contributed by atoms with Gasteiger partial charge in [-0.1, -0.05) is 12.1 Å². The summed E-state index contributed by atoms with van der Waals surface area (Å²) in [7, 11) is -2.03. The molecule has 0 aliphatic heterocycles. The van der Waals surface area contributed by atoms with Crippen molar-refractivity contribution in [2.24, 2.45) is 5.14 Å². The monoisotopic (exact) mass is 302 g/mol. The van der Waals surface area contributed by atoms with Crippen molar-refractivity contribution in [3.63, 3.8) is 0 Å². The largest absolute Gasteiger partial charge is 0.382 e. The lowest BCUT2D eigenvalue weighted by atomic mass is 10.1. The van der Waals surface area contributed by atoms with E-state index in [1.54, 1.807) is 19.2 Å². The number of sulfonamides is 1. The van der Waals surface area contributed by atoms with E-state index in [0.717, 1.165) is 5.56 Å². The summed E-state index contributed by atoms with van der Waals surface area (Å²) in [5.41, 5.74) is 0.869. The fourth-order valence-corrected chi connectivity index (χ4v) is 2.24. The zero-order valence-corrected chi connectivity index (χ0v) is 12.7. The van der Waals surface area contributed by atoms with Crippen LogP contribution in [0.4, 0.5) is 0 Å². The lowest BCUT2D eigenvalue weighted by molar-refractivity contribution is 0.0712. The summed E-state index contributed by atoms with van der Waals surface area (Å²) in [5, 5.41) is 8.37. The number of benzene rings is 1. The minimum atomic E-state index is -3.66. The van der Waals surface area contributed by atoms with Crippen LogP contribution in [-0.2, 0) is 19.5 Å². The van der Waals surface area contributed by atoms with Crippen LogP contribution in [0.25, 0.3) is 0 Å². The summed E-state index contributed by atoms with van der Waals surface area (Å²) >= 11 is 0. The normalized spacial score (nSPS) is 13.3. The fraction of sp³-hybridized carbons (Fsp3) is 0.538. The van der Waals surface area contributed by atoms with Crippen molar-refractivity contribution in [2.45, 2.75) is 17.9 Å². The lowest BCUT2D eigenvalue weighted by Gasteiger charge is -2.15. The van der Waals surface area contributed by atoms with E-state index in [1.165, 1.54) is 6.07 Å². The number of methoxy groups -OCH3 is 1. The van der Waals surface area contributed by atoms with Crippen molar-refractivity contribution in [3.8, 4) is 0 Å². The molecule has 0 saturated carbocycles. The van der Waals surface area contributed by atoms with Crippen LogP contribution in [0.2, 0.25) is 0 Å². The second-order valence-electron chi connectivity index (χ2n) is 4.40. The van der Waals surface area contributed by atoms with Gasteiger partial charge in [0.2, 0.25) is 10.0 Å². The predicted octanol–water partition coefficient (Wildman–Crippen LogP) is 0.648. The average molecular weight is 302 g/mol. The van der Waals surface area contributed by atoms with E-state index >= 15 is 0 Å². The van der Waals surface area contributed by atoms with E-state index in [4.69, 9.17) is 14.6 Å². The van der Waals surface area contributed by atoms with Gasteiger partial charge in [-0.15, -0.1) is 0 Å². The van der Waals surface area contributed by atoms with E-state index in [9.17, 15) is 8.42 Å². The number of hydrogen-bond donors (Lipinski definition) is 2. The highest BCUT2D eigenvalue weighted by Crippen LogP contribution is 2.16. The molecule has 1 unspecified atom stereocenters. The van der Waals surface area contributed by atoms with Gasteiger partial charge >= 0.3 is 0 Å². The summed E-state index contributed by atoms with van der Waals surface area (Å²) in [5.74, 6) is 0. The quantitative estimate of drug-likeness (QED) is 0.654. The number of nitrogens with two attached hydrogens (primary N) is 1. The molecule has 0 aliphatic rings. The van der Waals surface area contributed by atoms with E-state index in [2.05, 4.69) is 5.32 Å². The van der Waals surface area contributed by atoms with Gasteiger partial charge in [0.15, 0.2) is 0 Å². The molecule has 6 nitrogen and oxygen atoms in total. The molecule has 0 fully saturated rings. The van der Waals surface area contributed by atoms with E-state index in [0.29, 0.717) is 26.4 Å². The number of primary sulfonamides is 1. The maximum atomic E-state index is 11.3. The van der Waals surface area contributed by atoms with Crippen LogP contribution in [0.15, 0.2) is 29.2 Å². The molecule has 1 rings (SSSR count). The van der Waals surface area contributed by atoms with Crippen molar-refractivity contribution in [2.75, 3.05) is 33.5 Å². The first-order valence-corrected chi connectivity index (χ1v) is 7.92. The average Bonchev–Trinajstić information content (AvgIpc) is 2.41. The highest BCUT2D eigenvalue weighted by molar-refractivity contribution is 7.89. The lowest BCUT2D eigenvalue weighted by Crippen LogP contribution is -2.24. The molecule has 7 heteroatoms. The van der Waals surface area contributed by atoms with Gasteiger partial charge in [0, 0.05) is 19.7 Å². The Bertz CT molecular complexity index is 505. The molecule has 20 heavy (non-hydrogen) atoms. The Kier molecular flexibility index (Phi) is 7.11. The smallest absolute Gasteiger partial charge is 0.238 e. The van der Waals surface area contributed by atoms with Gasteiger partial charge in [-0.2, -0.15) is 0 Å². The van der Waals surface area contributed by atoms with Gasteiger partial charge in [0.25, 0.3) is 0 Å². The molecule has 0 amide bonds. The molecular weight excluding hydrogens is 280 g/mol. The standard InChI is InChI=1S/C13H22N2O4S/c1-11(15-6-7-19-9-8-18-2)12-4-3-5-13(10-12)20(14,16)17/h3-5,10-11,15H,6-9H2,1-2H3,(H2,14,16,17). The first-order valence-electron chi connectivity index (χ1n) is 6.38. The molecule has 0 bridgehead atoms. The summed E-state index contributed by atoms with van der Waals surface area (Å²) in [6, 6.07) is 6.63.